The van der Waals surface area contributed by atoms with Crippen LogP contribution in [0.25, 0.3) is 0 Å². The van der Waals surface area contributed by atoms with Crippen molar-refractivity contribution in [2.24, 2.45) is 0 Å². The maximum Gasteiger partial charge on any atom is 0.322 e. The fraction of sp³-hybridized carbons (Fsp3) is 0.267. The molecule has 0 saturated heterocycles. The van der Waals surface area contributed by atoms with Gasteiger partial charge < -0.3 is 15.0 Å². The smallest absolute Gasteiger partial charge is 0.322 e. The van der Waals surface area contributed by atoms with Gasteiger partial charge in [0.05, 0.1) is 6.61 Å². The Labute approximate surface area is 133 Å². The summed E-state index contributed by atoms with van der Waals surface area (Å²) in [4.78, 5) is 14.1. The summed E-state index contributed by atoms with van der Waals surface area (Å²) < 4.78 is 5.07. The van der Waals surface area contributed by atoms with Crippen LogP contribution in [0.1, 0.15) is 5.56 Å². The Morgan fingerprint density at radius 3 is 2.95 bits per heavy atom. The Hall–Kier alpha value is -1.56. The number of thiophene rings is 1. The van der Waals surface area contributed by atoms with Crippen molar-refractivity contribution in [3.05, 3.63) is 51.7 Å². The molecule has 0 aliphatic carbocycles. The number of methoxy groups -OCH3 is 1. The fourth-order valence-electron chi connectivity index (χ4n) is 1.83. The molecule has 1 N–H and O–H groups in total. The lowest BCUT2D eigenvalue weighted by Crippen LogP contribution is -2.36. The summed E-state index contributed by atoms with van der Waals surface area (Å²) in [6.07, 6.45) is 0. The highest BCUT2D eigenvalue weighted by Crippen LogP contribution is 2.16. The van der Waals surface area contributed by atoms with E-state index in [1.165, 1.54) is 0 Å². The number of urea groups is 1. The van der Waals surface area contributed by atoms with Gasteiger partial charge >= 0.3 is 6.03 Å². The van der Waals surface area contributed by atoms with Crippen LogP contribution in [0.4, 0.5) is 10.5 Å². The number of amides is 2. The molecule has 6 heteroatoms. The molecule has 2 aromatic rings. The van der Waals surface area contributed by atoms with Gasteiger partial charge in [0.15, 0.2) is 0 Å². The maximum absolute atomic E-state index is 12.4. The van der Waals surface area contributed by atoms with Crippen molar-refractivity contribution in [2.75, 3.05) is 25.6 Å². The second-order valence-corrected chi connectivity index (χ2v) is 5.70. The summed E-state index contributed by atoms with van der Waals surface area (Å²) >= 11 is 7.54. The van der Waals surface area contributed by atoms with E-state index in [1.54, 1.807) is 41.5 Å². The molecule has 0 aliphatic rings. The Morgan fingerprint density at radius 2 is 2.29 bits per heavy atom. The minimum atomic E-state index is -0.166. The summed E-state index contributed by atoms with van der Waals surface area (Å²) in [7, 11) is 1.62. The molecule has 2 amide bonds. The molecular weight excluding hydrogens is 308 g/mol. The third-order valence-electron chi connectivity index (χ3n) is 2.88. The summed E-state index contributed by atoms with van der Waals surface area (Å²) in [5.41, 5.74) is 1.79. The fourth-order valence-corrected chi connectivity index (χ4v) is 2.68. The van der Waals surface area contributed by atoms with Crippen molar-refractivity contribution < 1.29 is 9.53 Å². The third-order valence-corrected chi connectivity index (χ3v) is 3.85. The Balaban J connectivity index is 2.02. The van der Waals surface area contributed by atoms with E-state index in [9.17, 15) is 4.79 Å². The van der Waals surface area contributed by atoms with E-state index in [4.69, 9.17) is 16.3 Å². The van der Waals surface area contributed by atoms with Gasteiger partial charge in [-0.15, -0.1) is 0 Å². The highest BCUT2D eigenvalue weighted by atomic mass is 35.5. The Kier molecular flexibility index (Phi) is 6.04. The zero-order chi connectivity index (χ0) is 15.1. The first kappa shape index (κ1) is 15.8. The lowest BCUT2D eigenvalue weighted by molar-refractivity contribution is 0.153. The summed E-state index contributed by atoms with van der Waals surface area (Å²) in [5, 5.41) is 7.48. The second-order valence-electron chi connectivity index (χ2n) is 4.49. The standard InChI is InChI=1S/C15H17ClN2O2S/c1-20-7-6-18(10-12-5-8-21-11-12)15(19)17-14-4-2-3-13(16)9-14/h2-5,8-9,11H,6-7,10H2,1H3,(H,17,19). The second kappa shape index (κ2) is 8.02. The van der Waals surface area contributed by atoms with Gasteiger partial charge in [0.2, 0.25) is 0 Å². The number of nitrogens with one attached hydrogen (secondary N) is 1. The molecule has 0 fully saturated rings. The lowest BCUT2D eigenvalue weighted by atomic mass is 10.3. The van der Waals surface area contributed by atoms with Crippen LogP contribution in [0.15, 0.2) is 41.1 Å². The number of hydrogen-bond donors (Lipinski definition) is 1. The van der Waals surface area contributed by atoms with Crippen LogP contribution in [-0.4, -0.2) is 31.2 Å². The average molecular weight is 325 g/mol. The lowest BCUT2D eigenvalue weighted by Gasteiger charge is -2.22. The van der Waals surface area contributed by atoms with Crippen molar-refractivity contribution in [2.45, 2.75) is 6.54 Å². The average Bonchev–Trinajstić information content (AvgIpc) is 2.96. The first-order valence-electron chi connectivity index (χ1n) is 6.50. The van der Waals surface area contributed by atoms with E-state index in [0.717, 1.165) is 5.56 Å². The Bertz CT molecular complexity index is 575. The van der Waals surface area contributed by atoms with Crippen LogP contribution in [-0.2, 0) is 11.3 Å². The molecule has 1 heterocycles. The number of ether oxygens (including phenoxy) is 1. The number of benzene rings is 1. The molecule has 0 saturated carbocycles. The topological polar surface area (TPSA) is 41.6 Å². The van der Waals surface area contributed by atoms with Crippen LogP contribution >= 0.6 is 22.9 Å². The molecule has 21 heavy (non-hydrogen) atoms. The molecule has 1 aromatic heterocycles. The highest BCUT2D eigenvalue weighted by molar-refractivity contribution is 7.07. The Morgan fingerprint density at radius 1 is 1.43 bits per heavy atom. The normalized spacial score (nSPS) is 10.4. The summed E-state index contributed by atoms with van der Waals surface area (Å²) in [6.45, 7) is 1.57. The van der Waals surface area contributed by atoms with Crippen LogP contribution in [0.3, 0.4) is 0 Å². The largest absolute Gasteiger partial charge is 0.383 e. The van der Waals surface area contributed by atoms with E-state index in [-0.39, 0.29) is 6.03 Å². The van der Waals surface area contributed by atoms with Gasteiger partial charge in [-0.3, -0.25) is 0 Å². The van der Waals surface area contributed by atoms with Gasteiger partial charge in [0.1, 0.15) is 0 Å². The highest BCUT2D eigenvalue weighted by Gasteiger charge is 2.14. The van der Waals surface area contributed by atoms with Crippen LogP contribution in [0, 0.1) is 0 Å². The molecule has 4 nitrogen and oxygen atoms in total. The molecule has 1 aromatic carbocycles. The van der Waals surface area contributed by atoms with Crippen molar-refractivity contribution in [3.63, 3.8) is 0 Å². The predicted molar refractivity (Wildman–Crippen MR) is 87.1 cm³/mol. The number of nitrogens with zero attached hydrogens (tertiary/aromatic N) is 1. The number of halogens is 1. The van der Waals surface area contributed by atoms with Gasteiger partial charge in [-0.1, -0.05) is 17.7 Å². The molecule has 0 aliphatic heterocycles. The van der Waals surface area contributed by atoms with Crippen molar-refractivity contribution in [3.8, 4) is 0 Å². The monoisotopic (exact) mass is 324 g/mol. The predicted octanol–water partition coefficient (Wildman–Crippen LogP) is 4.08. The number of anilines is 1. The van der Waals surface area contributed by atoms with Crippen LogP contribution < -0.4 is 5.32 Å². The molecule has 0 unspecified atom stereocenters. The van der Waals surface area contributed by atoms with Crippen LogP contribution in [0.5, 0.6) is 0 Å². The van der Waals surface area contributed by atoms with Crippen molar-refractivity contribution >= 4 is 34.7 Å². The van der Waals surface area contributed by atoms with Crippen molar-refractivity contribution in [1.82, 2.24) is 4.90 Å². The molecular formula is C15H17ClN2O2S. The SMILES string of the molecule is COCCN(Cc1ccsc1)C(=O)Nc1cccc(Cl)c1. The molecule has 2 rings (SSSR count). The minimum absolute atomic E-state index is 0.166. The molecule has 0 atom stereocenters. The van der Waals surface area contributed by atoms with Gasteiger partial charge in [-0.05, 0) is 40.6 Å². The summed E-state index contributed by atoms with van der Waals surface area (Å²) in [6, 6.07) is 8.95. The first-order chi connectivity index (χ1) is 10.2. The number of carbonyl (C=O) groups is 1. The zero-order valence-corrected chi connectivity index (χ0v) is 13.3. The van der Waals surface area contributed by atoms with E-state index in [1.807, 2.05) is 22.9 Å². The zero-order valence-electron chi connectivity index (χ0n) is 11.7. The molecule has 0 spiro atoms. The van der Waals surface area contributed by atoms with Crippen LogP contribution in [0.2, 0.25) is 5.02 Å². The number of carbonyl (C=O) groups excluding carboxylic acids is 1. The van der Waals surface area contributed by atoms with E-state index in [0.29, 0.717) is 30.4 Å². The van der Waals surface area contributed by atoms with E-state index >= 15 is 0 Å². The van der Waals surface area contributed by atoms with Crippen molar-refractivity contribution in [1.29, 1.82) is 0 Å². The van der Waals surface area contributed by atoms with Gasteiger partial charge in [0.25, 0.3) is 0 Å². The molecule has 112 valence electrons. The molecule has 0 radical (unpaired) electrons. The van der Waals surface area contributed by atoms with Gasteiger partial charge in [-0.2, -0.15) is 11.3 Å². The van der Waals surface area contributed by atoms with Gasteiger partial charge in [-0.25, -0.2) is 4.79 Å². The van der Waals surface area contributed by atoms with E-state index < -0.39 is 0 Å². The number of hydrogen-bond acceptors (Lipinski definition) is 3. The summed E-state index contributed by atoms with van der Waals surface area (Å²) in [5.74, 6) is 0. The maximum atomic E-state index is 12.4. The van der Waals surface area contributed by atoms with Gasteiger partial charge in [0, 0.05) is 30.9 Å². The van der Waals surface area contributed by atoms with E-state index in [2.05, 4.69) is 5.32 Å². The minimum Gasteiger partial charge on any atom is -0.383 e. The third kappa shape index (κ3) is 5.04. The molecule has 0 bridgehead atoms. The number of rotatable bonds is 6. The quantitative estimate of drug-likeness (QED) is 0.869. The first-order valence-corrected chi connectivity index (χ1v) is 7.82.